The number of nitrogens with zero attached hydrogens (tertiary/aromatic N) is 4. The summed E-state index contributed by atoms with van der Waals surface area (Å²) in [5.74, 6) is -0.212. The molecule has 1 fully saturated rings. The zero-order valence-electron chi connectivity index (χ0n) is 14.3. The van der Waals surface area contributed by atoms with E-state index in [2.05, 4.69) is 14.9 Å². The first-order valence-electron chi connectivity index (χ1n) is 8.39. The number of hydrogen-bond acceptors (Lipinski definition) is 5. The van der Waals surface area contributed by atoms with Crippen LogP contribution in [-0.4, -0.2) is 51.9 Å². The molecule has 6 nitrogen and oxygen atoms in total. The number of carbonyl (C=O) groups excluding carboxylic acids is 1. The molecule has 1 aliphatic rings. The molecule has 0 atom stereocenters. The second-order valence-electron chi connectivity index (χ2n) is 6.27. The van der Waals surface area contributed by atoms with Gasteiger partial charge in [-0.05, 0) is 25.5 Å². The van der Waals surface area contributed by atoms with E-state index in [0.717, 1.165) is 13.0 Å². The van der Waals surface area contributed by atoms with Crippen molar-refractivity contribution in [1.29, 1.82) is 0 Å². The monoisotopic (exact) mass is 343 g/mol. The predicted molar refractivity (Wildman–Crippen MR) is 93.4 cm³/mol. The van der Waals surface area contributed by atoms with Crippen molar-refractivity contribution in [3.63, 3.8) is 0 Å². The molecule has 2 heterocycles. The maximum atomic E-state index is 13.8. The number of aromatic nitrogens is 2. The van der Waals surface area contributed by atoms with Gasteiger partial charge in [-0.25, -0.2) is 14.4 Å². The first kappa shape index (κ1) is 17.3. The quantitative estimate of drug-likeness (QED) is 0.921. The molecule has 1 aromatic heterocycles. The molecule has 1 saturated heterocycles. The third kappa shape index (κ3) is 4.30. The number of halogens is 1. The van der Waals surface area contributed by atoms with Crippen LogP contribution in [0.5, 0.6) is 0 Å². The van der Waals surface area contributed by atoms with Gasteiger partial charge in [0.1, 0.15) is 11.5 Å². The largest absolute Gasteiger partial charge is 0.368 e. The van der Waals surface area contributed by atoms with Gasteiger partial charge in [0.2, 0.25) is 5.95 Å². The molecule has 3 rings (SSSR count). The van der Waals surface area contributed by atoms with Crippen LogP contribution >= 0.6 is 0 Å². The fraction of sp³-hybridized carbons (Fsp3) is 0.389. The van der Waals surface area contributed by atoms with Crippen LogP contribution < -0.4 is 5.73 Å². The van der Waals surface area contributed by atoms with Crippen molar-refractivity contribution < 1.29 is 9.18 Å². The Morgan fingerprint density at radius 3 is 2.76 bits per heavy atom. The highest BCUT2D eigenvalue weighted by atomic mass is 19.1. The molecule has 0 aliphatic carbocycles. The van der Waals surface area contributed by atoms with Gasteiger partial charge < -0.3 is 10.6 Å². The molecular formula is C18H22FN5O. The number of nitrogens with two attached hydrogens (primary N) is 1. The highest BCUT2D eigenvalue weighted by molar-refractivity contribution is 5.92. The topological polar surface area (TPSA) is 75.4 Å². The molecule has 2 N–H and O–H groups in total. The fourth-order valence-corrected chi connectivity index (χ4v) is 3.06. The standard InChI is InChI=1S/C18H22FN5O/c1-13-11-16(22-18(20)21-13)17(25)24-8-4-7-23(9-10-24)12-14-5-2-3-6-15(14)19/h2-3,5-6,11H,4,7-10,12H2,1H3,(H2,20,21,22). The van der Waals surface area contributed by atoms with E-state index in [0.29, 0.717) is 43.1 Å². The van der Waals surface area contributed by atoms with Crippen molar-refractivity contribution in [1.82, 2.24) is 19.8 Å². The van der Waals surface area contributed by atoms with E-state index in [9.17, 15) is 9.18 Å². The molecule has 0 spiro atoms. The maximum absolute atomic E-state index is 13.8. The summed E-state index contributed by atoms with van der Waals surface area (Å²) in [4.78, 5) is 24.7. The van der Waals surface area contributed by atoms with E-state index < -0.39 is 0 Å². The van der Waals surface area contributed by atoms with Gasteiger partial charge in [-0.15, -0.1) is 0 Å². The Balaban J connectivity index is 1.65. The molecule has 0 bridgehead atoms. The van der Waals surface area contributed by atoms with Gasteiger partial charge in [-0.2, -0.15) is 0 Å². The number of aryl methyl sites for hydroxylation is 1. The molecule has 1 aliphatic heterocycles. The molecular weight excluding hydrogens is 321 g/mol. The molecule has 0 saturated carbocycles. The Hall–Kier alpha value is -2.54. The Labute approximate surface area is 146 Å². The summed E-state index contributed by atoms with van der Waals surface area (Å²) in [5.41, 5.74) is 7.32. The van der Waals surface area contributed by atoms with Crippen LogP contribution in [0.2, 0.25) is 0 Å². The van der Waals surface area contributed by atoms with Gasteiger partial charge in [0.25, 0.3) is 5.91 Å². The second kappa shape index (κ2) is 7.57. The Bertz CT molecular complexity index is 747. The molecule has 0 radical (unpaired) electrons. The maximum Gasteiger partial charge on any atom is 0.272 e. The van der Waals surface area contributed by atoms with E-state index in [-0.39, 0.29) is 17.7 Å². The molecule has 132 valence electrons. The van der Waals surface area contributed by atoms with Crippen LogP contribution in [0.1, 0.15) is 28.2 Å². The number of benzene rings is 1. The summed E-state index contributed by atoms with van der Waals surface area (Å²) in [7, 11) is 0. The van der Waals surface area contributed by atoms with Crippen LogP contribution in [-0.2, 0) is 6.54 Å². The molecule has 7 heteroatoms. The van der Waals surface area contributed by atoms with Gasteiger partial charge in [0.15, 0.2) is 0 Å². The Morgan fingerprint density at radius 2 is 2.00 bits per heavy atom. The predicted octanol–water partition coefficient (Wildman–Crippen LogP) is 1.85. The summed E-state index contributed by atoms with van der Waals surface area (Å²) in [6.07, 6.45) is 0.833. The van der Waals surface area contributed by atoms with Gasteiger partial charge in [0, 0.05) is 44.0 Å². The number of carbonyl (C=O) groups is 1. The smallest absolute Gasteiger partial charge is 0.272 e. The number of rotatable bonds is 3. The zero-order chi connectivity index (χ0) is 17.8. The van der Waals surface area contributed by atoms with Crippen molar-refractivity contribution in [3.05, 3.63) is 53.1 Å². The van der Waals surface area contributed by atoms with Crippen molar-refractivity contribution >= 4 is 11.9 Å². The molecule has 25 heavy (non-hydrogen) atoms. The Kier molecular flexibility index (Phi) is 5.23. The van der Waals surface area contributed by atoms with Gasteiger partial charge in [0.05, 0.1) is 0 Å². The molecule has 2 aromatic rings. The normalized spacial score (nSPS) is 15.8. The van der Waals surface area contributed by atoms with Gasteiger partial charge in [-0.3, -0.25) is 9.69 Å². The third-order valence-corrected chi connectivity index (χ3v) is 4.32. The van der Waals surface area contributed by atoms with Crippen LogP contribution in [0.3, 0.4) is 0 Å². The number of amides is 1. The van der Waals surface area contributed by atoms with Crippen molar-refractivity contribution in [2.24, 2.45) is 0 Å². The lowest BCUT2D eigenvalue weighted by Crippen LogP contribution is -2.35. The first-order chi connectivity index (χ1) is 12.0. The minimum Gasteiger partial charge on any atom is -0.368 e. The number of anilines is 1. The van der Waals surface area contributed by atoms with Crippen LogP contribution in [0.15, 0.2) is 30.3 Å². The number of hydrogen-bond donors (Lipinski definition) is 1. The SMILES string of the molecule is Cc1cc(C(=O)N2CCCN(Cc3ccccc3F)CC2)nc(N)n1. The summed E-state index contributed by atoms with van der Waals surface area (Å²) in [6.45, 7) is 5.08. The minimum atomic E-state index is -0.188. The highest BCUT2D eigenvalue weighted by Gasteiger charge is 2.22. The lowest BCUT2D eigenvalue weighted by molar-refractivity contribution is 0.0755. The van der Waals surface area contributed by atoms with E-state index in [1.165, 1.54) is 6.07 Å². The van der Waals surface area contributed by atoms with E-state index >= 15 is 0 Å². The fourth-order valence-electron chi connectivity index (χ4n) is 3.06. The summed E-state index contributed by atoms with van der Waals surface area (Å²) < 4.78 is 13.8. The van der Waals surface area contributed by atoms with Crippen molar-refractivity contribution in [2.45, 2.75) is 19.9 Å². The second-order valence-corrected chi connectivity index (χ2v) is 6.27. The summed E-state index contributed by atoms with van der Waals surface area (Å²) in [6, 6.07) is 8.46. The molecule has 0 unspecified atom stereocenters. The van der Waals surface area contributed by atoms with E-state index in [1.807, 2.05) is 6.07 Å². The minimum absolute atomic E-state index is 0.111. The zero-order valence-corrected chi connectivity index (χ0v) is 14.3. The first-order valence-corrected chi connectivity index (χ1v) is 8.39. The lowest BCUT2D eigenvalue weighted by Gasteiger charge is -2.22. The average molecular weight is 343 g/mol. The summed E-state index contributed by atoms with van der Waals surface area (Å²) in [5, 5.41) is 0. The molecule has 1 amide bonds. The van der Waals surface area contributed by atoms with Crippen molar-refractivity contribution in [3.8, 4) is 0 Å². The van der Waals surface area contributed by atoms with Gasteiger partial charge >= 0.3 is 0 Å². The molecule has 1 aromatic carbocycles. The van der Waals surface area contributed by atoms with Crippen LogP contribution in [0, 0.1) is 12.7 Å². The van der Waals surface area contributed by atoms with E-state index in [4.69, 9.17) is 5.73 Å². The lowest BCUT2D eigenvalue weighted by atomic mass is 10.2. The van der Waals surface area contributed by atoms with Crippen LogP contribution in [0.25, 0.3) is 0 Å². The average Bonchev–Trinajstić information content (AvgIpc) is 2.81. The summed E-state index contributed by atoms with van der Waals surface area (Å²) >= 11 is 0. The highest BCUT2D eigenvalue weighted by Crippen LogP contribution is 2.14. The van der Waals surface area contributed by atoms with Gasteiger partial charge in [-0.1, -0.05) is 18.2 Å². The van der Waals surface area contributed by atoms with E-state index in [1.54, 1.807) is 30.0 Å². The third-order valence-electron chi connectivity index (χ3n) is 4.32. The van der Waals surface area contributed by atoms with Crippen LogP contribution in [0.4, 0.5) is 10.3 Å². The number of nitrogen functional groups attached to an aromatic ring is 1. The van der Waals surface area contributed by atoms with Crippen molar-refractivity contribution in [2.75, 3.05) is 31.9 Å². The Morgan fingerprint density at radius 1 is 1.20 bits per heavy atom.